The zero-order chi connectivity index (χ0) is 15.8. The lowest BCUT2D eigenvalue weighted by Crippen LogP contribution is -2.36. The monoisotopic (exact) mass is 311 g/mol. The molecule has 4 heteroatoms. The minimum Gasteiger partial charge on any atom is -0.497 e. The van der Waals surface area contributed by atoms with Gasteiger partial charge in [0, 0.05) is 17.2 Å². The van der Waals surface area contributed by atoms with E-state index in [0.717, 1.165) is 30.2 Å². The molecule has 2 heterocycles. The van der Waals surface area contributed by atoms with E-state index in [-0.39, 0.29) is 12.3 Å². The first-order valence-corrected chi connectivity index (χ1v) is 8.04. The summed E-state index contributed by atoms with van der Waals surface area (Å²) in [5.74, 6) is 2.12. The minimum atomic E-state index is -0.153. The molecule has 23 heavy (non-hydrogen) atoms. The molecule has 4 nitrogen and oxygen atoms in total. The average Bonchev–Trinajstić information content (AvgIpc) is 3.04. The number of hydrogen-bond donors (Lipinski definition) is 1. The molecule has 1 saturated heterocycles. The summed E-state index contributed by atoms with van der Waals surface area (Å²) in [6.45, 7) is 2.89. The molecule has 2 aromatic rings. The van der Waals surface area contributed by atoms with E-state index in [1.165, 1.54) is 11.1 Å². The Morgan fingerprint density at radius 3 is 2.74 bits per heavy atom. The van der Waals surface area contributed by atoms with Gasteiger partial charge >= 0.3 is 0 Å². The van der Waals surface area contributed by atoms with Gasteiger partial charge in [-0.3, -0.25) is 0 Å². The van der Waals surface area contributed by atoms with E-state index in [9.17, 15) is 0 Å². The summed E-state index contributed by atoms with van der Waals surface area (Å²) >= 11 is 0. The van der Waals surface area contributed by atoms with Crippen LogP contribution in [-0.4, -0.2) is 20.0 Å². The van der Waals surface area contributed by atoms with Crippen LogP contribution < -0.4 is 14.8 Å². The normalized spacial score (nSPS) is 25.2. The van der Waals surface area contributed by atoms with Crippen LogP contribution in [0.25, 0.3) is 0 Å². The van der Waals surface area contributed by atoms with Crippen LogP contribution in [0.4, 0.5) is 5.69 Å². The predicted molar refractivity (Wildman–Crippen MR) is 89.0 cm³/mol. The highest BCUT2D eigenvalue weighted by Gasteiger charge is 2.43. The second kappa shape index (κ2) is 5.78. The van der Waals surface area contributed by atoms with Gasteiger partial charge < -0.3 is 19.5 Å². The molecule has 0 bridgehead atoms. The van der Waals surface area contributed by atoms with Crippen molar-refractivity contribution >= 4 is 5.69 Å². The topological polar surface area (TPSA) is 39.7 Å². The predicted octanol–water partition coefficient (Wildman–Crippen LogP) is 3.91. The highest BCUT2D eigenvalue weighted by Crippen LogP contribution is 2.46. The fourth-order valence-electron chi connectivity index (χ4n) is 3.57. The Labute approximate surface area is 136 Å². The van der Waals surface area contributed by atoms with Crippen molar-refractivity contribution in [3.63, 3.8) is 0 Å². The third-order valence-corrected chi connectivity index (χ3v) is 4.76. The second-order valence-electron chi connectivity index (χ2n) is 6.15. The van der Waals surface area contributed by atoms with Crippen molar-refractivity contribution in [3.05, 3.63) is 53.6 Å². The van der Waals surface area contributed by atoms with Crippen molar-refractivity contribution in [3.8, 4) is 11.5 Å². The molecule has 1 fully saturated rings. The molecule has 120 valence electrons. The van der Waals surface area contributed by atoms with Gasteiger partial charge in [0.2, 0.25) is 6.29 Å². The van der Waals surface area contributed by atoms with Gasteiger partial charge in [-0.2, -0.15) is 0 Å². The second-order valence-corrected chi connectivity index (χ2v) is 6.15. The van der Waals surface area contributed by atoms with Crippen molar-refractivity contribution in [2.75, 3.05) is 19.0 Å². The van der Waals surface area contributed by atoms with Crippen LogP contribution in [0.5, 0.6) is 11.5 Å². The summed E-state index contributed by atoms with van der Waals surface area (Å²) in [6.07, 6.45) is 0.853. The van der Waals surface area contributed by atoms with E-state index in [2.05, 4.69) is 30.4 Å². The number of benzene rings is 2. The summed E-state index contributed by atoms with van der Waals surface area (Å²) in [4.78, 5) is 0. The number of aryl methyl sites for hydroxylation is 1. The maximum absolute atomic E-state index is 6.06. The lowest BCUT2D eigenvalue weighted by atomic mass is 9.86. The van der Waals surface area contributed by atoms with E-state index in [1.807, 2.05) is 24.3 Å². The summed E-state index contributed by atoms with van der Waals surface area (Å²) in [7, 11) is 1.68. The standard InChI is InChI=1S/C19H21NO3/c1-12-4-3-5-16-17(12)18(15-10-11-22-19(15)23-16)20-13-6-8-14(21-2)9-7-13/h3-9,15,18-20H,10-11H2,1-2H3/t15-,18+,19+/m0/s1. The van der Waals surface area contributed by atoms with Gasteiger partial charge in [0.1, 0.15) is 11.5 Å². The van der Waals surface area contributed by atoms with Crippen molar-refractivity contribution < 1.29 is 14.2 Å². The lowest BCUT2D eigenvalue weighted by Gasteiger charge is -2.36. The molecule has 2 aromatic carbocycles. The molecule has 0 saturated carbocycles. The Morgan fingerprint density at radius 2 is 1.96 bits per heavy atom. The molecule has 0 unspecified atom stereocenters. The highest BCUT2D eigenvalue weighted by molar-refractivity contribution is 5.53. The van der Waals surface area contributed by atoms with Crippen molar-refractivity contribution in [2.24, 2.45) is 5.92 Å². The van der Waals surface area contributed by atoms with E-state index >= 15 is 0 Å². The number of nitrogens with one attached hydrogen (secondary N) is 1. The SMILES string of the molecule is COc1ccc(N[C@H]2c3c(C)cccc3O[C@H]3OCC[C@H]32)cc1. The van der Waals surface area contributed by atoms with Gasteiger partial charge in [0.15, 0.2) is 0 Å². The van der Waals surface area contributed by atoms with Crippen molar-refractivity contribution in [1.82, 2.24) is 0 Å². The quantitative estimate of drug-likeness (QED) is 0.933. The Bertz CT molecular complexity index is 698. The van der Waals surface area contributed by atoms with Crippen LogP contribution in [-0.2, 0) is 4.74 Å². The van der Waals surface area contributed by atoms with Crippen molar-refractivity contribution in [1.29, 1.82) is 0 Å². The zero-order valence-corrected chi connectivity index (χ0v) is 13.4. The third-order valence-electron chi connectivity index (χ3n) is 4.76. The van der Waals surface area contributed by atoms with E-state index < -0.39 is 0 Å². The van der Waals surface area contributed by atoms with Crippen LogP contribution in [0.15, 0.2) is 42.5 Å². The van der Waals surface area contributed by atoms with Gasteiger partial charge in [-0.25, -0.2) is 0 Å². The number of fused-ring (bicyclic) bond motifs is 2. The number of methoxy groups -OCH3 is 1. The van der Waals surface area contributed by atoms with E-state index in [4.69, 9.17) is 14.2 Å². The Morgan fingerprint density at radius 1 is 1.13 bits per heavy atom. The largest absolute Gasteiger partial charge is 0.497 e. The third kappa shape index (κ3) is 2.53. The van der Waals surface area contributed by atoms with Gasteiger partial charge in [-0.1, -0.05) is 12.1 Å². The maximum Gasteiger partial charge on any atom is 0.205 e. The first kappa shape index (κ1) is 14.4. The van der Waals surface area contributed by atoms with Crippen LogP contribution >= 0.6 is 0 Å². The van der Waals surface area contributed by atoms with E-state index in [1.54, 1.807) is 7.11 Å². The molecule has 0 spiro atoms. The Balaban J connectivity index is 1.70. The van der Waals surface area contributed by atoms with Crippen LogP contribution in [0.1, 0.15) is 23.6 Å². The number of ether oxygens (including phenoxy) is 3. The van der Waals surface area contributed by atoms with Crippen LogP contribution in [0.3, 0.4) is 0 Å². The first-order chi connectivity index (χ1) is 11.3. The molecule has 2 aliphatic rings. The summed E-state index contributed by atoms with van der Waals surface area (Å²) in [5, 5.41) is 3.69. The molecular formula is C19H21NO3. The molecule has 0 aliphatic carbocycles. The molecule has 0 aromatic heterocycles. The molecule has 2 aliphatic heterocycles. The molecule has 1 N–H and O–H groups in total. The van der Waals surface area contributed by atoms with Crippen LogP contribution in [0, 0.1) is 12.8 Å². The zero-order valence-electron chi connectivity index (χ0n) is 13.4. The molecule has 4 rings (SSSR count). The Kier molecular flexibility index (Phi) is 3.62. The van der Waals surface area contributed by atoms with E-state index in [0.29, 0.717) is 5.92 Å². The molecular weight excluding hydrogens is 290 g/mol. The number of hydrogen-bond acceptors (Lipinski definition) is 4. The fourth-order valence-corrected chi connectivity index (χ4v) is 3.57. The van der Waals surface area contributed by atoms with Crippen LogP contribution in [0.2, 0.25) is 0 Å². The lowest BCUT2D eigenvalue weighted by molar-refractivity contribution is -0.0748. The summed E-state index contributed by atoms with van der Waals surface area (Å²) < 4.78 is 17.1. The highest BCUT2D eigenvalue weighted by atomic mass is 16.7. The molecule has 0 radical (unpaired) electrons. The minimum absolute atomic E-state index is 0.153. The maximum atomic E-state index is 6.06. The van der Waals surface area contributed by atoms with Gasteiger partial charge in [-0.05, 0) is 49.2 Å². The number of rotatable bonds is 3. The summed E-state index contributed by atoms with van der Waals surface area (Å²) in [5.41, 5.74) is 3.58. The first-order valence-electron chi connectivity index (χ1n) is 8.04. The van der Waals surface area contributed by atoms with Gasteiger partial charge in [-0.15, -0.1) is 0 Å². The van der Waals surface area contributed by atoms with Gasteiger partial charge in [0.05, 0.1) is 19.8 Å². The van der Waals surface area contributed by atoms with Gasteiger partial charge in [0.25, 0.3) is 0 Å². The fraction of sp³-hybridized carbons (Fsp3) is 0.368. The summed E-state index contributed by atoms with van der Waals surface area (Å²) in [6, 6.07) is 14.5. The average molecular weight is 311 g/mol. The molecule has 3 atom stereocenters. The molecule has 0 amide bonds. The Hall–Kier alpha value is -2.20. The smallest absolute Gasteiger partial charge is 0.205 e. The van der Waals surface area contributed by atoms with Crippen molar-refractivity contribution in [2.45, 2.75) is 25.7 Å². The number of anilines is 1.